The van der Waals surface area contributed by atoms with Crippen molar-refractivity contribution < 1.29 is 4.79 Å². The molecule has 0 saturated carbocycles. The number of fused-ring (bicyclic) bond motifs is 1. The van der Waals surface area contributed by atoms with E-state index in [1.807, 2.05) is 25.0 Å². The molecule has 2 aromatic rings. The molecule has 142 valence electrons. The molecular weight excluding hydrogens is 350 g/mol. The first-order valence-electron chi connectivity index (χ1n) is 9.17. The van der Waals surface area contributed by atoms with E-state index in [0.29, 0.717) is 12.2 Å². The Kier molecular flexibility index (Phi) is 6.31. The fraction of sp³-hybridized carbons (Fsp3) is 0.647. The lowest BCUT2D eigenvalue weighted by molar-refractivity contribution is 0.0939. The van der Waals surface area contributed by atoms with E-state index in [-0.39, 0.29) is 11.7 Å². The number of likely N-dealkylation sites (N-methyl/N-ethyl adjacent to an activating group) is 1. The van der Waals surface area contributed by atoms with Gasteiger partial charge in [0.15, 0.2) is 5.65 Å². The van der Waals surface area contributed by atoms with E-state index in [0.717, 1.165) is 55.4 Å². The second kappa shape index (κ2) is 8.68. The quantitative estimate of drug-likeness (QED) is 0.771. The molecule has 9 heteroatoms. The summed E-state index contributed by atoms with van der Waals surface area (Å²) in [5.74, 6) is 2.91. The lowest BCUT2D eigenvalue weighted by atomic mass is 10.3. The van der Waals surface area contributed by atoms with E-state index in [2.05, 4.69) is 44.0 Å². The van der Waals surface area contributed by atoms with Crippen LogP contribution < -0.4 is 10.2 Å². The summed E-state index contributed by atoms with van der Waals surface area (Å²) in [6.07, 6.45) is 1.93. The smallest absolute Gasteiger partial charge is 0.289 e. The summed E-state index contributed by atoms with van der Waals surface area (Å²) in [4.78, 5) is 26.1. The molecule has 1 aliphatic heterocycles. The van der Waals surface area contributed by atoms with Crippen LogP contribution in [0.4, 0.5) is 5.82 Å². The van der Waals surface area contributed by atoms with Crippen LogP contribution in [0.1, 0.15) is 24.5 Å². The average Bonchev–Trinajstić information content (AvgIpc) is 3.05. The summed E-state index contributed by atoms with van der Waals surface area (Å²) in [6, 6.07) is 0. The molecule has 1 saturated heterocycles. The number of aryl methyl sites for hydroxylation is 1. The molecule has 0 atom stereocenters. The van der Waals surface area contributed by atoms with E-state index in [9.17, 15) is 4.79 Å². The zero-order valence-corrected chi connectivity index (χ0v) is 16.6. The maximum atomic E-state index is 12.6. The summed E-state index contributed by atoms with van der Waals surface area (Å²) < 4.78 is 1.73. The standard InChI is InChI=1S/C17H27N7OS/c1-4-23(5-2)7-6-18-17(25)15-19-14-13(12-22(3)21-14)16(20-15)24-8-10-26-11-9-24/h12H,4-11H2,1-3H3,(H,18,25). The van der Waals surface area contributed by atoms with Crippen LogP contribution >= 0.6 is 11.8 Å². The Labute approximate surface area is 158 Å². The zero-order chi connectivity index (χ0) is 18.5. The van der Waals surface area contributed by atoms with Gasteiger partial charge in [-0.25, -0.2) is 9.97 Å². The Morgan fingerprint density at radius 2 is 2.00 bits per heavy atom. The summed E-state index contributed by atoms with van der Waals surface area (Å²) >= 11 is 1.94. The lowest BCUT2D eigenvalue weighted by Crippen LogP contribution is -2.36. The minimum Gasteiger partial charge on any atom is -0.354 e. The third kappa shape index (κ3) is 4.27. The molecule has 3 rings (SSSR count). The summed E-state index contributed by atoms with van der Waals surface area (Å²) in [5.41, 5.74) is 0.574. The molecule has 2 aromatic heterocycles. The number of hydrogen-bond acceptors (Lipinski definition) is 7. The van der Waals surface area contributed by atoms with Crippen molar-refractivity contribution in [2.75, 3.05) is 55.7 Å². The second-order valence-corrected chi connectivity index (χ2v) is 7.52. The van der Waals surface area contributed by atoms with Crippen molar-refractivity contribution in [3.05, 3.63) is 12.0 Å². The molecule has 1 fully saturated rings. The third-order valence-corrected chi connectivity index (χ3v) is 5.54. The van der Waals surface area contributed by atoms with Crippen LogP contribution in [0.15, 0.2) is 6.20 Å². The van der Waals surface area contributed by atoms with E-state index in [1.54, 1.807) is 4.68 Å². The number of anilines is 1. The van der Waals surface area contributed by atoms with Crippen LogP contribution in [-0.4, -0.2) is 81.3 Å². The predicted molar refractivity (Wildman–Crippen MR) is 106 cm³/mol. The first kappa shape index (κ1) is 18.9. The lowest BCUT2D eigenvalue weighted by Gasteiger charge is -2.27. The van der Waals surface area contributed by atoms with Gasteiger partial charge in [0.2, 0.25) is 5.82 Å². The molecule has 0 aliphatic carbocycles. The zero-order valence-electron chi connectivity index (χ0n) is 15.7. The van der Waals surface area contributed by atoms with Crippen molar-refractivity contribution in [1.29, 1.82) is 0 Å². The van der Waals surface area contributed by atoms with Crippen molar-refractivity contribution in [3.8, 4) is 0 Å². The molecule has 0 bridgehead atoms. The molecule has 3 heterocycles. The first-order valence-corrected chi connectivity index (χ1v) is 10.3. The predicted octanol–water partition coefficient (Wildman–Crippen LogP) is 0.988. The Balaban J connectivity index is 1.80. The van der Waals surface area contributed by atoms with E-state index < -0.39 is 0 Å². The van der Waals surface area contributed by atoms with Gasteiger partial charge in [-0.05, 0) is 13.1 Å². The summed E-state index contributed by atoms with van der Waals surface area (Å²) in [6.45, 7) is 9.43. The number of amides is 1. The maximum absolute atomic E-state index is 12.6. The largest absolute Gasteiger partial charge is 0.354 e. The van der Waals surface area contributed by atoms with Crippen LogP contribution in [0, 0.1) is 0 Å². The molecule has 1 amide bonds. The molecule has 1 N–H and O–H groups in total. The second-order valence-electron chi connectivity index (χ2n) is 6.29. The number of aromatic nitrogens is 4. The highest BCUT2D eigenvalue weighted by Gasteiger charge is 2.21. The highest BCUT2D eigenvalue weighted by Crippen LogP contribution is 2.25. The first-order chi connectivity index (χ1) is 12.6. The summed E-state index contributed by atoms with van der Waals surface area (Å²) in [7, 11) is 1.86. The summed E-state index contributed by atoms with van der Waals surface area (Å²) in [5, 5.41) is 8.23. The molecule has 1 aliphatic rings. The van der Waals surface area contributed by atoms with Gasteiger partial charge in [-0.15, -0.1) is 0 Å². The van der Waals surface area contributed by atoms with Crippen LogP contribution in [0.3, 0.4) is 0 Å². The minimum absolute atomic E-state index is 0.198. The normalized spacial score (nSPS) is 15.0. The highest BCUT2D eigenvalue weighted by molar-refractivity contribution is 7.99. The van der Waals surface area contributed by atoms with Crippen LogP contribution in [0.5, 0.6) is 0 Å². The van der Waals surface area contributed by atoms with Crippen molar-refractivity contribution in [3.63, 3.8) is 0 Å². The van der Waals surface area contributed by atoms with E-state index >= 15 is 0 Å². The number of nitrogens with one attached hydrogen (secondary N) is 1. The molecule has 26 heavy (non-hydrogen) atoms. The van der Waals surface area contributed by atoms with Crippen molar-refractivity contribution in [2.24, 2.45) is 7.05 Å². The maximum Gasteiger partial charge on any atom is 0.289 e. The number of hydrogen-bond donors (Lipinski definition) is 1. The van der Waals surface area contributed by atoms with Gasteiger partial charge in [0, 0.05) is 50.9 Å². The Bertz CT molecular complexity index is 753. The number of nitrogens with zero attached hydrogens (tertiary/aromatic N) is 6. The third-order valence-electron chi connectivity index (χ3n) is 4.60. The average molecular weight is 378 g/mol. The molecular formula is C17H27N7OS. The monoisotopic (exact) mass is 377 g/mol. The topological polar surface area (TPSA) is 79.2 Å². The van der Waals surface area contributed by atoms with Gasteiger partial charge in [0.05, 0.1) is 5.39 Å². The fourth-order valence-corrected chi connectivity index (χ4v) is 3.97. The number of carbonyl (C=O) groups is 1. The Morgan fingerprint density at radius 1 is 1.27 bits per heavy atom. The minimum atomic E-state index is -0.239. The Hall–Kier alpha value is -1.87. The van der Waals surface area contributed by atoms with Crippen LogP contribution in [-0.2, 0) is 7.05 Å². The molecule has 0 unspecified atom stereocenters. The highest BCUT2D eigenvalue weighted by atomic mass is 32.2. The molecule has 0 aromatic carbocycles. The molecule has 0 spiro atoms. The van der Waals surface area contributed by atoms with Crippen molar-refractivity contribution >= 4 is 34.5 Å². The number of rotatable bonds is 7. The van der Waals surface area contributed by atoms with Gasteiger partial charge in [-0.2, -0.15) is 16.9 Å². The van der Waals surface area contributed by atoms with Crippen LogP contribution in [0.2, 0.25) is 0 Å². The van der Waals surface area contributed by atoms with Crippen LogP contribution in [0.25, 0.3) is 11.0 Å². The van der Waals surface area contributed by atoms with Gasteiger partial charge in [-0.1, -0.05) is 13.8 Å². The van der Waals surface area contributed by atoms with Gasteiger partial charge < -0.3 is 15.1 Å². The SMILES string of the molecule is CCN(CC)CCNC(=O)c1nc(N2CCSCC2)c2cn(C)nc2n1. The number of carbonyl (C=O) groups excluding carboxylic acids is 1. The molecule has 0 radical (unpaired) electrons. The van der Waals surface area contributed by atoms with Gasteiger partial charge in [0.1, 0.15) is 5.82 Å². The van der Waals surface area contributed by atoms with E-state index in [4.69, 9.17) is 0 Å². The van der Waals surface area contributed by atoms with Gasteiger partial charge in [-0.3, -0.25) is 9.48 Å². The molecule has 8 nitrogen and oxygen atoms in total. The van der Waals surface area contributed by atoms with Gasteiger partial charge >= 0.3 is 0 Å². The Morgan fingerprint density at radius 3 is 2.69 bits per heavy atom. The van der Waals surface area contributed by atoms with Crippen molar-refractivity contribution in [2.45, 2.75) is 13.8 Å². The number of thioether (sulfide) groups is 1. The van der Waals surface area contributed by atoms with Gasteiger partial charge in [0.25, 0.3) is 5.91 Å². The van der Waals surface area contributed by atoms with Crippen molar-refractivity contribution in [1.82, 2.24) is 30.0 Å². The fourth-order valence-electron chi connectivity index (χ4n) is 3.07. The van der Waals surface area contributed by atoms with E-state index in [1.165, 1.54) is 0 Å².